The van der Waals surface area contributed by atoms with Crippen LogP contribution in [0.25, 0.3) is 0 Å². The van der Waals surface area contributed by atoms with Gasteiger partial charge in [0.05, 0.1) is 12.2 Å². The van der Waals surface area contributed by atoms with Gasteiger partial charge in [0.1, 0.15) is 0 Å². The number of rotatable bonds is 8. The molecule has 1 saturated carbocycles. The minimum atomic E-state index is 0.193. The number of hydrogen-bond acceptors (Lipinski definition) is 1. The molecule has 1 heteroatoms. The average Bonchev–Trinajstić information content (AvgIpc) is 2.96. The highest BCUT2D eigenvalue weighted by Crippen LogP contribution is 2.39. The van der Waals surface area contributed by atoms with Gasteiger partial charge in [-0.2, -0.15) is 0 Å². The summed E-state index contributed by atoms with van der Waals surface area (Å²) in [4.78, 5) is 0. The summed E-state index contributed by atoms with van der Waals surface area (Å²) in [6.45, 7) is 10.1. The first-order valence-electron chi connectivity index (χ1n) is 6.81. The van der Waals surface area contributed by atoms with Crippen molar-refractivity contribution in [2.45, 2.75) is 71.8 Å². The monoisotopic (exact) mass is 212 g/mol. The lowest BCUT2D eigenvalue weighted by atomic mass is 9.91. The molecule has 0 radical (unpaired) electrons. The number of ether oxygens (including phenoxy) is 1. The van der Waals surface area contributed by atoms with Crippen LogP contribution in [0.5, 0.6) is 0 Å². The molecule has 0 N–H and O–H groups in total. The maximum atomic E-state index is 6.22. The van der Waals surface area contributed by atoms with Crippen molar-refractivity contribution in [1.82, 2.24) is 0 Å². The first kappa shape index (κ1) is 13.0. The highest BCUT2D eigenvalue weighted by atomic mass is 16.5. The lowest BCUT2D eigenvalue weighted by Crippen LogP contribution is -2.32. The molecule has 15 heavy (non-hydrogen) atoms. The molecule has 0 spiro atoms. The molecule has 1 fully saturated rings. The van der Waals surface area contributed by atoms with Crippen LogP contribution in [0.3, 0.4) is 0 Å². The SMILES string of the molecule is CCCCC(CC)(CC)OCC1CC1C. The highest BCUT2D eigenvalue weighted by molar-refractivity contribution is 4.85. The first-order chi connectivity index (χ1) is 7.17. The number of unbranched alkanes of at least 4 members (excludes halogenated alkanes) is 1. The summed E-state index contributed by atoms with van der Waals surface area (Å²) >= 11 is 0. The predicted molar refractivity (Wildman–Crippen MR) is 66.1 cm³/mol. The molecule has 0 aliphatic heterocycles. The zero-order valence-electron chi connectivity index (χ0n) is 11.0. The van der Waals surface area contributed by atoms with E-state index in [1.807, 2.05) is 0 Å². The Balaban J connectivity index is 2.33. The summed E-state index contributed by atoms with van der Waals surface area (Å²) in [5.41, 5.74) is 0.193. The van der Waals surface area contributed by atoms with Crippen LogP contribution in [0.1, 0.15) is 66.2 Å². The Bertz CT molecular complexity index is 172. The molecular formula is C14H28O. The van der Waals surface area contributed by atoms with E-state index in [1.54, 1.807) is 0 Å². The molecular weight excluding hydrogens is 184 g/mol. The van der Waals surface area contributed by atoms with E-state index in [4.69, 9.17) is 4.74 Å². The fourth-order valence-electron chi connectivity index (χ4n) is 2.29. The summed E-state index contributed by atoms with van der Waals surface area (Å²) in [5.74, 6) is 1.78. The zero-order valence-corrected chi connectivity index (χ0v) is 11.0. The normalized spacial score (nSPS) is 25.6. The molecule has 1 aliphatic rings. The summed E-state index contributed by atoms with van der Waals surface area (Å²) in [5, 5.41) is 0. The van der Waals surface area contributed by atoms with E-state index in [9.17, 15) is 0 Å². The lowest BCUT2D eigenvalue weighted by molar-refractivity contribution is -0.0643. The molecule has 0 aromatic carbocycles. The third-order valence-corrected chi connectivity index (χ3v) is 4.15. The Kier molecular flexibility index (Phi) is 5.11. The smallest absolute Gasteiger partial charge is 0.0677 e. The zero-order chi connectivity index (χ0) is 11.3. The second-order valence-corrected chi connectivity index (χ2v) is 5.28. The molecule has 0 heterocycles. The molecule has 2 unspecified atom stereocenters. The van der Waals surface area contributed by atoms with E-state index in [1.165, 1.54) is 38.5 Å². The van der Waals surface area contributed by atoms with Gasteiger partial charge >= 0.3 is 0 Å². The summed E-state index contributed by atoms with van der Waals surface area (Å²) in [6.07, 6.45) is 7.57. The quantitative estimate of drug-likeness (QED) is 0.579. The van der Waals surface area contributed by atoms with Crippen molar-refractivity contribution in [2.75, 3.05) is 6.61 Å². The van der Waals surface area contributed by atoms with Gasteiger partial charge in [0.15, 0.2) is 0 Å². The maximum absolute atomic E-state index is 6.22. The molecule has 0 aromatic heterocycles. The van der Waals surface area contributed by atoms with Gasteiger partial charge in [-0.25, -0.2) is 0 Å². The molecule has 0 amide bonds. The Hall–Kier alpha value is -0.0400. The van der Waals surface area contributed by atoms with E-state index in [-0.39, 0.29) is 5.60 Å². The van der Waals surface area contributed by atoms with Crippen LogP contribution in [-0.2, 0) is 4.74 Å². The van der Waals surface area contributed by atoms with Crippen LogP contribution in [0.4, 0.5) is 0 Å². The van der Waals surface area contributed by atoms with Crippen LogP contribution in [-0.4, -0.2) is 12.2 Å². The summed E-state index contributed by atoms with van der Waals surface area (Å²) in [7, 11) is 0. The van der Waals surface area contributed by atoms with Gasteiger partial charge in [-0.3, -0.25) is 0 Å². The highest BCUT2D eigenvalue weighted by Gasteiger charge is 2.35. The van der Waals surface area contributed by atoms with Crippen molar-refractivity contribution in [3.63, 3.8) is 0 Å². The third kappa shape index (κ3) is 3.79. The maximum Gasteiger partial charge on any atom is 0.0677 e. The molecule has 0 bridgehead atoms. The predicted octanol–water partition coefficient (Wildman–Crippen LogP) is 4.41. The van der Waals surface area contributed by atoms with Gasteiger partial charge in [0, 0.05) is 0 Å². The third-order valence-electron chi connectivity index (χ3n) is 4.15. The van der Waals surface area contributed by atoms with Crippen molar-refractivity contribution >= 4 is 0 Å². The van der Waals surface area contributed by atoms with Crippen molar-refractivity contribution in [1.29, 1.82) is 0 Å². The summed E-state index contributed by atoms with van der Waals surface area (Å²) in [6, 6.07) is 0. The van der Waals surface area contributed by atoms with Gasteiger partial charge in [-0.15, -0.1) is 0 Å². The van der Waals surface area contributed by atoms with E-state index >= 15 is 0 Å². The van der Waals surface area contributed by atoms with Crippen LogP contribution in [0.2, 0.25) is 0 Å². The molecule has 2 atom stereocenters. The second kappa shape index (κ2) is 5.89. The first-order valence-corrected chi connectivity index (χ1v) is 6.81. The molecule has 1 rings (SSSR count). The van der Waals surface area contributed by atoms with Gasteiger partial charge in [-0.1, -0.05) is 40.5 Å². The Morgan fingerprint density at radius 2 is 1.80 bits per heavy atom. The Labute approximate surface area is 95.6 Å². The lowest BCUT2D eigenvalue weighted by Gasteiger charge is -2.32. The standard InChI is InChI=1S/C14H28O/c1-5-8-9-14(6-2,7-3)15-11-13-10-12(13)4/h12-13H,5-11H2,1-4H3. The average molecular weight is 212 g/mol. The van der Waals surface area contributed by atoms with E-state index in [0.717, 1.165) is 18.4 Å². The Morgan fingerprint density at radius 1 is 1.20 bits per heavy atom. The van der Waals surface area contributed by atoms with Gasteiger partial charge < -0.3 is 4.74 Å². The summed E-state index contributed by atoms with van der Waals surface area (Å²) < 4.78 is 6.22. The van der Waals surface area contributed by atoms with E-state index in [2.05, 4.69) is 27.7 Å². The molecule has 0 aromatic rings. The molecule has 90 valence electrons. The topological polar surface area (TPSA) is 9.23 Å². The van der Waals surface area contributed by atoms with Gasteiger partial charge in [0.2, 0.25) is 0 Å². The molecule has 0 saturated heterocycles. The fraction of sp³-hybridized carbons (Fsp3) is 1.00. The minimum absolute atomic E-state index is 0.193. The van der Waals surface area contributed by atoms with Gasteiger partial charge in [-0.05, 0) is 37.5 Å². The van der Waals surface area contributed by atoms with E-state index in [0.29, 0.717) is 0 Å². The number of hydrogen-bond donors (Lipinski definition) is 0. The van der Waals surface area contributed by atoms with Crippen LogP contribution < -0.4 is 0 Å². The van der Waals surface area contributed by atoms with Crippen LogP contribution in [0, 0.1) is 11.8 Å². The fourth-order valence-corrected chi connectivity index (χ4v) is 2.29. The Morgan fingerprint density at radius 3 is 2.20 bits per heavy atom. The van der Waals surface area contributed by atoms with Crippen LogP contribution >= 0.6 is 0 Å². The second-order valence-electron chi connectivity index (χ2n) is 5.28. The molecule has 1 nitrogen and oxygen atoms in total. The van der Waals surface area contributed by atoms with Crippen molar-refractivity contribution in [3.8, 4) is 0 Å². The molecule has 1 aliphatic carbocycles. The van der Waals surface area contributed by atoms with Crippen LogP contribution in [0.15, 0.2) is 0 Å². The largest absolute Gasteiger partial charge is 0.375 e. The van der Waals surface area contributed by atoms with Crippen molar-refractivity contribution in [2.24, 2.45) is 11.8 Å². The van der Waals surface area contributed by atoms with E-state index < -0.39 is 0 Å². The minimum Gasteiger partial charge on any atom is -0.375 e. The van der Waals surface area contributed by atoms with Crippen molar-refractivity contribution in [3.05, 3.63) is 0 Å². The van der Waals surface area contributed by atoms with Gasteiger partial charge in [0.25, 0.3) is 0 Å². The van der Waals surface area contributed by atoms with Crippen molar-refractivity contribution < 1.29 is 4.74 Å².